The first-order valence-corrected chi connectivity index (χ1v) is 11.0. The van der Waals surface area contributed by atoms with Crippen LogP contribution in [0.3, 0.4) is 0 Å². The van der Waals surface area contributed by atoms with E-state index < -0.39 is 0 Å². The lowest BCUT2D eigenvalue weighted by molar-refractivity contribution is -0.143. The van der Waals surface area contributed by atoms with Crippen LogP contribution in [0.25, 0.3) is 0 Å². The summed E-state index contributed by atoms with van der Waals surface area (Å²) in [7, 11) is 0. The average molecular weight is 418 g/mol. The second kappa shape index (κ2) is 9.78. The third kappa shape index (κ3) is 4.96. The molecule has 4 heteroatoms. The Morgan fingerprint density at radius 2 is 1.87 bits per heavy atom. The van der Waals surface area contributed by atoms with Crippen molar-refractivity contribution < 1.29 is 13.9 Å². The third-order valence-corrected chi connectivity index (χ3v) is 5.78. The number of para-hydroxylation sites is 2. The highest BCUT2D eigenvalue weighted by atomic mass is 19.1. The highest BCUT2D eigenvalue weighted by Gasteiger charge is 2.21. The molecule has 0 spiro atoms. The quantitative estimate of drug-likeness (QED) is 0.442. The van der Waals surface area contributed by atoms with Gasteiger partial charge in [-0.3, -0.25) is 4.79 Å². The van der Waals surface area contributed by atoms with Crippen LogP contribution in [0.15, 0.2) is 66.7 Å². The first-order chi connectivity index (χ1) is 15.2. The zero-order valence-electron chi connectivity index (χ0n) is 17.9. The Morgan fingerprint density at radius 3 is 2.65 bits per heavy atom. The second-order valence-electron chi connectivity index (χ2n) is 7.92. The molecule has 0 unspecified atom stereocenters. The lowest BCUT2D eigenvalue weighted by atomic mass is 9.93. The number of carbonyl (C=O) groups is 1. The van der Waals surface area contributed by atoms with Crippen LogP contribution in [0.1, 0.15) is 42.0 Å². The topological polar surface area (TPSA) is 29.5 Å². The number of rotatable bonds is 7. The molecule has 1 aliphatic rings. The van der Waals surface area contributed by atoms with Gasteiger partial charge in [-0.05, 0) is 73.1 Å². The smallest absolute Gasteiger partial charge is 0.306 e. The van der Waals surface area contributed by atoms with Crippen molar-refractivity contribution in [3.05, 3.63) is 94.8 Å². The SMILES string of the molecule is CCOC(=O)CCc1ccc(Cc2cccc3c2N(c2ccccc2)CCC3)cc1F. The van der Waals surface area contributed by atoms with E-state index >= 15 is 0 Å². The largest absolute Gasteiger partial charge is 0.466 e. The van der Waals surface area contributed by atoms with Gasteiger partial charge < -0.3 is 9.64 Å². The van der Waals surface area contributed by atoms with Crippen LogP contribution in [0, 0.1) is 5.82 Å². The molecule has 0 saturated carbocycles. The fourth-order valence-electron chi connectivity index (χ4n) is 4.33. The standard InChI is InChI=1S/C27H28FNO2/c1-2-31-26(30)16-15-21-14-13-20(19-25(21)28)18-23-9-6-8-22-10-7-17-29(27(22)23)24-11-4-3-5-12-24/h3-6,8-9,11-14,19H,2,7,10,15-18H2,1H3. The van der Waals surface area contributed by atoms with Gasteiger partial charge in [-0.15, -0.1) is 0 Å². The van der Waals surface area contributed by atoms with E-state index in [4.69, 9.17) is 4.74 Å². The lowest BCUT2D eigenvalue weighted by Gasteiger charge is -2.33. The third-order valence-electron chi connectivity index (χ3n) is 5.78. The number of halogens is 1. The maximum absolute atomic E-state index is 14.7. The fraction of sp³-hybridized carbons (Fsp3) is 0.296. The molecule has 0 saturated heterocycles. The van der Waals surface area contributed by atoms with E-state index in [-0.39, 0.29) is 18.2 Å². The first-order valence-electron chi connectivity index (χ1n) is 11.0. The molecule has 0 aromatic heterocycles. The van der Waals surface area contributed by atoms with Gasteiger partial charge in [0.05, 0.1) is 6.61 Å². The highest BCUT2D eigenvalue weighted by molar-refractivity contribution is 5.72. The summed E-state index contributed by atoms with van der Waals surface area (Å²) in [5.41, 5.74) is 6.49. The van der Waals surface area contributed by atoms with E-state index in [0.717, 1.165) is 24.9 Å². The van der Waals surface area contributed by atoms with E-state index in [2.05, 4.69) is 47.4 Å². The highest BCUT2D eigenvalue weighted by Crippen LogP contribution is 2.37. The Kier molecular flexibility index (Phi) is 6.66. The summed E-state index contributed by atoms with van der Waals surface area (Å²) in [4.78, 5) is 14.0. The van der Waals surface area contributed by atoms with Gasteiger partial charge in [-0.2, -0.15) is 0 Å². The molecule has 0 aliphatic carbocycles. The molecule has 3 nitrogen and oxygen atoms in total. The van der Waals surface area contributed by atoms with E-state index in [1.54, 1.807) is 19.1 Å². The van der Waals surface area contributed by atoms with Crippen LogP contribution in [0.2, 0.25) is 0 Å². The number of esters is 1. The van der Waals surface area contributed by atoms with E-state index in [9.17, 15) is 9.18 Å². The predicted octanol–water partition coefficient (Wildman–Crippen LogP) is 6.00. The molecule has 0 radical (unpaired) electrons. The molecule has 3 aromatic rings. The molecule has 4 rings (SSSR count). The van der Waals surface area contributed by atoms with Crippen molar-refractivity contribution in [3.63, 3.8) is 0 Å². The first kappa shape index (κ1) is 21.1. The minimum Gasteiger partial charge on any atom is -0.466 e. The maximum atomic E-state index is 14.7. The van der Waals surface area contributed by atoms with Crippen LogP contribution < -0.4 is 4.90 Å². The van der Waals surface area contributed by atoms with Gasteiger partial charge >= 0.3 is 5.97 Å². The maximum Gasteiger partial charge on any atom is 0.306 e. The average Bonchev–Trinajstić information content (AvgIpc) is 2.79. The summed E-state index contributed by atoms with van der Waals surface area (Å²) in [6.07, 6.45) is 3.40. The number of fused-ring (bicyclic) bond motifs is 1. The molecule has 0 bridgehead atoms. The molecular formula is C27H28FNO2. The molecule has 0 atom stereocenters. The van der Waals surface area contributed by atoms with Crippen molar-refractivity contribution in [1.82, 2.24) is 0 Å². The van der Waals surface area contributed by atoms with Crippen LogP contribution >= 0.6 is 0 Å². The van der Waals surface area contributed by atoms with Crippen LogP contribution in [-0.2, 0) is 28.8 Å². The summed E-state index contributed by atoms with van der Waals surface area (Å²) in [6, 6.07) is 22.3. The Morgan fingerprint density at radius 1 is 1.03 bits per heavy atom. The van der Waals surface area contributed by atoms with Gasteiger partial charge in [0.25, 0.3) is 0 Å². The van der Waals surface area contributed by atoms with Crippen molar-refractivity contribution in [2.75, 3.05) is 18.1 Å². The number of aryl methyl sites for hydroxylation is 2. The van der Waals surface area contributed by atoms with Crippen LogP contribution in [0.5, 0.6) is 0 Å². The van der Waals surface area contributed by atoms with Gasteiger partial charge in [0.2, 0.25) is 0 Å². The number of nitrogens with zero attached hydrogens (tertiary/aromatic N) is 1. The lowest BCUT2D eigenvalue weighted by Crippen LogP contribution is -2.25. The Bertz CT molecular complexity index is 1050. The molecule has 3 aromatic carbocycles. The minimum absolute atomic E-state index is 0.197. The molecule has 1 heterocycles. The Labute approximate surface area is 183 Å². The van der Waals surface area contributed by atoms with Crippen molar-refractivity contribution in [3.8, 4) is 0 Å². The van der Waals surface area contributed by atoms with Gasteiger partial charge in [0, 0.05) is 24.3 Å². The molecule has 0 amide bonds. The van der Waals surface area contributed by atoms with E-state index in [1.807, 2.05) is 12.1 Å². The fourth-order valence-corrected chi connectivity index (χ4v) is 4.33. The van der Waals surface area contributed by atoms with Gasteiger partial charge in [0.15, 0.2) is 0 Å². The molecule has 31 heavy (non-hydrogen) atoms. The molecule has 160 valence electrons. The molecule has 0 N–H and O–H groups in total. The van der Waals surface area contributed by atoms with Gasteiger partial charge in [0.1, 0.15) is 5.82 Å². The van der Waals surface area contributed by atoms with Crippen LogP contribution in [-0.4, -0.2) is 19.1 Å². The Balaban J connectivity index is 1.57. The molecule has 0 fully saturated rings. The summed E-state index contributed by atoms with van der Waals surface area (Å²) in [5.74, 6) is -0.547. The van der Waals surface area contributed by atoms with Crippen LogP contribution in [0.4, 0.5) is 15.8 Å². The zero-order chi connectivity index (χ0) is 21.6. The zero-order valence-corrected chi connectivity index (χ0v) is 17.9. The second-order valence-corrected chi connectivity index (χ2v) is 7.92. The summed E-state index contributed by atoms with van der Waals surface area (Å²) in [6.45, 7) is 3.10. The number of benzene rings is 3. The van der Waals surface area contributed by atoms with Crippen molar-refractivity contribution in [2.24, 2.45) is 0 Å². The minimum atomic E-state index is -0.289. The summed E-state index contributed by atoms with van der Waals surface area (Å²) >= 11 is 0. The van der Waals surface area contributed by atoms with Gasteiger partial charge in [-0.1, -0.05) is 48.5 Å². The number of hydrogen-bond acceptors (Lipinski definition) is 3. The van der Waals surface area contributed by atoms with Crippen molar-refractivity contribution in [2.45, 2.75) is 39.0 Å². The predicted molar refractivity (Wildman–Crippen MR) is 122 cm³/mol. The monoisotopic (exact) mass is 417 g/mol. The van der Waals surface area contributed by atoms with Crippen molar-refractivity contribution >= 4 is 17.3 Å². The number of hydrogen-bond donors (Lipinski definition) is 0. The normalized spacial score (nSPS) is 13.0. The Hall–Kier alpha value is -3.14. The van der Waals surface area contributed by atoms with Gasteiger partial charge in [-0.25, -0.2) is 4.39 Å². The number of anilines is 2. The number of carbonyl (C=O) groups excluding carboxylic acids is 1. The summed E-state index contributed by atoms with van der Waals surface area (Å²) < 4.78 is 19.6. The van der Waals surface area contributed by atoms with E-state index in [1.165, 1.54) is 22.5 Å². The van der Waals surface area contributed by atoms with Crippen molar-refractivity contribution in [1.29, 1.82) is 0 Å². The molecular weight excluding hydrogens is 389 g/mol. The van der Waals surface area contributed by atoms with E-state index in [0.29, 0.717) is 25.0 Å². The molecule has 1 aliphatic heterocycles. The summed E-state index contributed by atoms with van der Waals surface area (Å²) in [5, 5.41) is 0. The number of ether oxygens (including phenoxy) is 1.